The van der Waals surface area contributed by atoms with E-state index in [0.717, 1.165) is 32.4 Å². The number of aromatic nitrogens is 5. The highest BCUT2D eigenvalue weighted by molar-refractivity contribution is 9.10. The maximum Gasteiger partial charge on any atom is 0.332 e. The topological polar surface area (TPSA) is 66.2 Å². The van der Waals surface area contributed by atoms with Crippen LogP contribution in [0.15, 0.2) is 68.8 Å². The summed E-state index contributed by atoms with van der Waals surface area (Å²) >= 11 is 3.65. The minimum atomic E-state index is -0.402. The number of benzene rings is 2. The van der Waals surface area contributed by atoms with Crippen molar-refractivity contribution in [1.82, 2.24) is 23.1 Å². The van der Waals surface area contributed by atoms with E-state index in [2.05, 4.69) is 47.1 Å². The van der Waals surface area contributed by atoms with Crippen molar-refractivity contribution in [3.63, 3.8) is 0 Å². The first-order chi connectivity index (χ1) is 14.9. The molecule has 0 saturated heterocycles. The van der Waals surface area contributed by atoms with E-state index in [1.807, 2.05) is 35.0 Å². The Morgan fingerprint density at radius 2 is 1.68 bits per heavy atom. The lowest BCUT2D eigenvalue weighted by atomic mass is 10.1. The van der Waals surface area contributed by atoms with Gasteiger partial charge in [0.15, 0.2) is 11.2 Å². The fraction of sp³-hybridized carbons (Fsp3) is 0.174. The van der Waals surface area contributed by atoms with Gasteiger partial charge in [0.1, 0.15) is 0 Å². The molecule has 0 aliphatic carbocycles. The molecular formula is C23H20BrN5O2. The zero-order chi connectivity index (χ0) is 21.9. The lowest BCUT2D eigenvalue weighted by Gasteiger charge is -2.11. The van der Waals surface area contributed by atoms with Gasteiger partial charge in [-0.25, -0.2) is 4.79 Å². The molecule has 8 heteroatoms. The predicted octanol–water partition coefficient (Wildman–Crippen LogP) is 3.67. The van der Waals surface area contributed by atoms with E-state index in [4.69, 9.17) is 4.98 Å². The molecule has 0 unspecified atom stereocenters. The van der Waals surface area contributed by atoms with Crippen LogP contribution in [0.3, 0.4) is 0 Å². The summed E-state index contributed by atoms with van der Waals surface area (Å²) in [4.78, 5) is 30.1. The highest BCUT2D eigenvalue weighted by Gasteiger charge is 2.22. The van der Waals surface area contributed by atoms with Crippen LogP contribution < -0.4 is 11.2 Å². The summed E-state index contributed by atoms with van der Waals surface area (Å²) in [7, 11) is 3.11. The number of imidazole rings is 2. The Morgan fingerprint density at radius 1 is 0.968 bits per heavy atom. The molecule has 2 aromatic carbocycles. The number of rotatable bonds is 3. The van der Waals surface area contributed by atoms with Crippen molar-refractivity contribution in [1.29, 1.82) is 0 Å². The van der Waals surface area contributed by atoms with Gasteiger partial charge in [-0.15, -0.1) is 0 Å². The molecule has 0 aliphatic heterocycles. The molecule has 0 aliphatic rings. The van der Waals surface area contributed by atoms with Crippen LogP contribution >= 0.6 is 15.9 Å². The molecule has 5 aromatic rings. The number of aryl methyl sites for hydroxylation is 2. The third kappa shape index (κ3) is 2.82. The largest absolute Gasteiger partial charge is 0.332 e. The van der Waals surface area contributed by atoms with Gasteiger partial charge in [-0.3, -0.25) is 22.9 Å². The molecule has 31 heavy (non-hydrogen) atoms. The van der Waals surface area contributed by atoms with Crippen molar-refractivity contribution < 1.29 is 0 Å². The normalized spacial score (nSPS) is 11.6. The molecule has 0 fully saturated rings. The Hall–Kier alpha value is -3.39. The fourth-order valence-electron chi connectivity index (χ4n) is 3.96. The van der Waals surface area contributed by atoms with Crippen LogP contribution in [-0.2, 0) is 20.5 Å². The second kappa shape index (κ2) is 7.09. The smallest absolute Gasteiger partial charge is 0.279 e. The number of halogens is 1. The summed E-state index contributed by atoms with van der Waals surface area (Å²) in [6, 6.07) is 16.2. The molecule has 0 amide bonds. The average molecular weight is 478 g/mol. The van der Waals surface area contributed by atoms with Gasteiger partial charge >= 0.3 is 5.69 Å². The van der Waals surface area contributed by atoms with Crippen LogP contribution in [-0.4, -0.2) is 23.1 Å². The van der Waals surface area contributed by atoms with E-state index in [1.54, 1.807) is 11.4 Å². The quantitative estimate of drug-likeness (QED) is 0.398. The molecule has 5 rings (SSSR count). The molecule has 7 nitrogen and oxygen atoms in total. The lowest BCUT2D eigenvalue weighted by Crippen LogP contribution is -2.37. The van der Waals surface area contributed by atoms with Crippen LogP contribution in [0.5, 0.6) is 0 Å². The first-order valence-corrected chi connectivity index (χ1v) is 10.8. The Morgan fingerprint density at radius 3 is 2.35 bits per heavy atom. The van der Waals surface area contributed by atoms with E-state index in [-0.39, 0.29) is 5.56 Å². The van der Waals surface area contributed by atoms with Gasteiger partial charge in [0.05, 0.1) is 11.4 Å². The van der Waals surface area contributed by atoms with Crippen LogP contribution in [0.25, 0.3) is 33.9 Å². The van der Waals surface area contributed by atoms with Crippen LogP contribution in [0, 0.1) is 0 Å². The van der Waals surface area contributed by atoms with Crippen molar-refractivity contribution in [3.8, 4) is 16.9 Å². The van der Waals surface area contributed by atoms with Gasteiger partial charge in [0, 0.05) is 30.3 Å². The van der Waals surface area contributed by atoms with Crippen molar-refractivity contribution in [2.75, 3.05) is 0 Å². The minimum absolute atomic E-state index is 0.358. The molecule has 0 saturated carbocycles. The van der Waals surface area contributed by atoms with E-state index >= 15 is 0 Å². The maximum atomic E-state index is 13.0. The van der Waals surface area contributed by atoms with E-state index in [0.29, 0.717) is 16.9 Å². The monoisotopic (exact) mass is 477 g/mol. The number of fused-ring (bicyclic) bond motifs is 3. The van der Waals surface area contributed by atoms with Crippen LogP contribution in [0.2, 0.25) is 0 Å². The summed E-state index contributed by atoms with van der Waals surface area (Å²) in [5.41, 5.74) is 4.01. The summed E-state index contributed by atoms with van der Waals surface area (Å²) in [6.45, 7) is 2.12. The van der Waals surface area contributed by atoms with Gasteiger partial charge in [-0.1, -0.05) is 43.3 Å². The molecule has 0 radical (unpaired) electrons. The molecule has 0 bridgehead atoms. The Bertz CT molecular complexity index is 1590. The molecule has 0 atom stereocenters. The van der Waals surface area contributed by atoms with Crippen molar-refractivity contribution >= 4 is 32.9 Å². The molecule has 156 valence electrons. The number of hydrogen-bond donors (Lipinski definition) is 0. The van der Waals surface area contributed by atoms with Crippen molar-refractivity contribution in [2.45, 2.75) is 13.3 Å². The first-order valence-electron chi connectivity index (χ1n) is 9.96. The maximum absolute atomic E-state index is 13.0. The van der Waals surface area contributed by atoms with Crippen LogP contribution in [0.1, 0.15) is 12.5 Å². The van der Waals surface area contributed by atoms with Crippen LogP contribution in [0.4, 0.5) is 0 Å². The second-order valence-electron chi connectivity index (χ2n) is 7.51. The number of para-hydroxylation sites is 1. The molecular weight excluding hydrogens is 458 g/mol. The summed E-state index contributed by atoms with van der Waals surface area (Å²) in [5.74, 6) is 0.565. The number of nitrogens with zero attached hydrogens (tertiary/aromatic N) is 5. The van der Waals surface area contributed by atoms with E-state index in [1.165, 1.54) is 17.2 Å². The SMILES string of the molecule is CCc1ccc(-c2cn3c4c(=O)n(C)c(=O)n(C)c4nc3n2-c2ccccc2Br)cc1. The second-order valence-corrected chi connectivity index (χ2v) is 8.37. The zero-order valence-electron chi connectivity index (χ0n) is 17.3. The minimum Gasteiger partial charge on any atom is -0.279 e. The Balaban J connectivity index is 1.95. The fourth-order valence-corrected chi connectivity index (χ4v) is 4.42. The predicted molar refractivity (Wildman–Crippen MR) is 125 cm³/mol. The van der Waals surface area contributed by atoms with Crippen molar-refractivity contribution in [3.05, 3.63) is 85.6 Å². The molecule has 0 N–H and O–H groups in total. The summed E-state index contributed by atoms with van der Waals surface area (Å²) in [5, 5.41) is 0. The van der Waals surface area contributed by atoms with E-state index < -0.39 is 5.69 Å². The van der Waals surface area contributed by atoms with E-state index in [9.17, 15) is 9.59 Å². The first kappa shape index (κ1) is 19.6. The third-order valence-electron chi connectivity index (χ3n) is 5.72. The highest BCUT2D eigenvalue weighted by Crippen LogP contribution is 2.32. The summed E-state index contributed by atoms with van der Waals surface area (Å²) < 4.78 is 7.20. The lowest BCUT2D eigenvalue weighted by molar-refractivity contribution is 0.708. The Labute approximate surface area is 185 Å². The highest BCUT2D eigenvalue weighted by atomic mass is 79.9. The van der Waals surface area contributed by atoms with Gasteiger partial charge in [0.25, 0.3) is 5.56 Å². The van der Waals surface area contributed by atoms with Crippen molar-refractivity contribution in [2.24, 2.45) is 14.1 Å². The Kier molecular flexibility index (Phi) is 4.48. The number of hydrogen-bond acceptors (Lipinski definition) is 3. The summed E-state index contributed by atoms with van der Waals surface area (Å²) in [6.07, 6.45) is 2.88. The van der Waals surface area contributed by atoms with Gasteiger partial charge in [-0.05, 0) is 40.0 Å². The molecule has 3 aromatic heterocycles. The van der Waals surface area contributed by atoms with Gasteiger partial charge < -0.3 is 0 Å². The standard InChI is InChI=1S/C23H20BrN5O2/c1-4-14-9-11-15(12-10-14)18-13-28-19-20(26(2)23(31)27(3)21(19)30)25-22(28)29(18)17-8-6-5-7-16(17)24/h5-13H,4H2,1-3H3. The van der Waals surface area contributed by atoms with Gasteiger partial charge in [0.2, 0.25) is 5.78 Å². The zero-order valence-corrected chi connectivity index (χ0v) is 18.9. The molecule has 0 spiro atoms. The average Bonchev–Trinajstić information content (AvgIpc) is 3.33. The third-order valence-corrected chi connectivity index (χ3v) is 6.39. The van der Waals surface area contributed by atoms with Gasteiger partial charge in [-0.2, -0.15) is 4.98 Å². The molecule has 3 heterocycles.